The second kappa shape index (κ2) is 25.1. The van der Waals surface area contributed by atoms with Crippen molar-refractivity contribution in [1.29, 1.82) is 0 Å². The minimum atomic E-state index is -0.0778. The number of unbranched alkanes of at least 4 members (excludes halogenated alkanes) is 16. The van der Waals surface area contributed by atoms with Crippen molar-refractivity contribution in [2.45, 2.75) is 234 Å². The summed E-state index contributed by atoms with van der Waals surface area (Å²) in [6.45, 7) is 23.9. The highest BCUT2D eigenvalue weighted by Gasteiger charge is 2.50. The van der Waals surface area contributed by atoms with Crippen LogP contribution in [0.4, 0.5) is 0 Å². The van der Waals surface area contributed by atoms with Crippen LogP contribution in [-0.4, -0.2) is 39.7 Å². The van der Waals surface area contributed by atoms with E-state index in [1.165, 1.54) is 138 Å². The van der Waals surface area contributed by atoms with Crippen molar-refractivity contribution in [2.24, 2.45) is 11.8 Å². The average Bonchev–Trinajstić information content (AvgIpc) is 4.00. The number of nitrogens with zero attached hydrogens (tertiary/aromatic N) is 3. The van der Waals surface area contributed by atoms with Gasteiger partial charge in [0.1, 0.15) is 5.01 Å². The molecule has 0 radical (unpaired) electrons. The van der Waals surface area contributed by atoms with Crippen LogP contribution in [0.5, 0.6) is 0 Å². The molecule has 0 fully saturated rings. The quantitative estimate of drug-likeness (QED) is 0.0735. The summed E-state index contributed by atoms with van der Waals surface area (Å²) in [5, 5.41) is 0.821. The average molecular weight is 862 g/mol. The summed E-state index contributed by atoms with van der Waals surface area (Å²) in [7, 11) is 0. The van der Waals surface area contributed by atoms with Crippen LogP contribution >= 0.6 is 22.7 Å². The Morgan fingerprint density at radius 2 is 0.883 bits per heavy atom. The maximum Gasteiger partial charge on any atom is 0.261 e. The van der Waals surface area contributed by atoms with Crippen molar-refractivity contribution in [2.75, 3.05) is 13.1 Å². The molecule has 0 N–H and O–H groups in total. The Hall–Kier alpha value is -2.25. The van der Waals surface area contributed by atoms with E-state index in [2.05, 4.69) is 86.3 Å². The van der Waals surface area contributed by atoms with E-state index >= 15 is 9.59 Å². The molecule has 7 heteroatoms. The zero-order chi connectivity index (χ0) is 43.7. The lowest BCUT2D eigenvalue weighted by Gasteiger charge is -2.29. The predicted molar refractivity (Wildman–Crippen MR) is 262 cm³/mol. The molecular weight excluding hydrogens is 775 g/mol. The number of hydrogen-bond donors (Lipinski definition) is 0. The molecule has 0 aromatic carbocycles. The van der Waals surface area contributed by atoms with Crippen LogP contribution in [0.1, 0.15) is 243 Å². The van der Waals surface area contributed by atoms with Gasteiger partial charge in [0.15, 0.2) is 0 Å². The van der Waals surface area contributed by atoms with Crippen molar-refractivity contribution in [3.63, 3.8) is 0 Å². The number of thiazole rings is 1. The summed E-state index contributed by atoms with van der Waals surface area (Å²) < 4.78 is 0. The number of aromatic nitrogens is 1. The number of thiophene rings is 1. The molecule has 2 unspecified atom stereocenters. The van der Waals surface area contributed by atoms with Crippen LogP contribution < -0.4 is 0 Å². The topological polar surface area (TPSA) is 53.5 Å². The number of fused-ring (bicyclic) bond motifs is 1. The van der Waals surface area contributed by atoms with Gasteiger partial charge in [-0.3, -0.25) is 9.59 Å². The molecule has 338 valence electrons. The highest BCUT2D eigenvalue weighted by molar-refractivity contribution is 7.13. The van der Waals surface area contributed by atoms with Gasteiger partial charge in [0.25, 0.3) is 11.8 Å². The zero-order valence-electron chi connectivity index (χ0n) is 40.2. The van der Waals surface area contributed by atoms with Gasteiger partial charge in [-0.05, 0) is 60.5 Å². The normalized spacial score (nSPS) is 16.0. The van der Waals surface area contributed by atoms with Gasteiger partial charge in [0.05, 0.1) is 27.4 Å². The lowest BCUT2D eigenvalue weighted by molar-refractivity contribution is -0.124. The molecule has 0 saturated carbocycles. The van der Waals surface area contributed by atoms with Crippen molar-refractivity contribution in [1.82, 2.24) is 14.8 Å². The summed E-state index contributed by atoms with van der Waals surface area (Å²) >= 11 is 3.45. The van der Waals surface area contributed by atoms with E-state index in [1.807, 2.05) is 11.1 Å². The second-order valence-corrected chi connectivity index (χ2v) is 22.6. The predicted octanol–water partition coefficient (Wildman–Crippen LogP) is 16.3. The molecule has 2 aromatic rings. The summed E-state index contributed by atoms with van der Waals surface area (Å²) in [5.74, 6) is 0.825. The van der Waals surface area contributed by atoms with Gasteiger partial charge in [-0.25, -0.2) is 4.98 Å². The van der Waals surface area contributed by atoms with Crippen molar-refractivity contribution in [3.8, 4) is 0 Å². The Kier molecular flexibility index (Phi) is 21.1. The maximum absolute atomic E-state index is 15.5. The Labute approximate surface area is 376 Å². The number of carbonyl (C=O) groups excluding carboxylic acids is 2. The molecule has 2 atom stereocenters. The molecule has 0 spiro atoms. The number of carbonyl (C=O) groups is 2. The lowest BCUT2D eigenvalue weighted by Crippen LogP contribution is -2.34. The fourth-order valence-electron chi connectivity index (χ4n) is 9.14. The van der Waals surface area contributed by atoms with Gasteiger partial charge >= 0.3 is 0 Å². The highest BCUT2D eigenvalue weighted by atomic mass is 32.1. The van der Waals surface area contributed by atoms with E-state index in [0.29, 0.717) is 36.1 Å². The largest absolute Gasteiger partial charge is 0.306 e. The third kappa shape index (κ3) is 14.4. The maximum atomic E-state index is 15.5. The SMILES string of the molecule is CCCCCCCCC(CCCCCC)CN1C(=O)C2=C(c3ncc(C(C)(C)C)s3)N(CC(CCCCCC)CCCCCCCC)C(=O)C2=C1c1ccc(C(C)(C)C)s1. The van der Waals surface area contributed by atoms with Crippen LogP contribution in [0.25, 0.3) is 11.4 Å². The second-order valence-electron chi connectivity index (χ2n) is 20.5. The van der Waals surface area contributed by atoms with Crippen LogP contribution in [-0.2, 0) is 20.4 Å². The highest BCUT2D eigenvalue weighted by Crippen LogP contribution is 2.50. The van der Waals surface area contributed by atoms with E-state index in [9.17, 15) is 0 Å². The fraction of sp³-hybridized carbons (Fsp3) is 0.755. The smallest absolute Gasteiger partial charge is 0.261 e. The molecule has 4 rings (SSSR count). The molecule has 0 bridgehead atoms. The number of amides is 2. The zero-order valence-corrected chi connectivity index (χ0v) is 41.9. The molecule has 5 nitrogen and oxygen atoms in total. The summed E-state index contributed by atoms with van der Waals surface area (Å²) in [6.07, 6.45) is 31.6. The number of rotatable bonds is 30. The molecule has 60 heavy (non-hydrogen) atoms. The lowest BCUT2D eigenvalue weighted by atomic mass is 9.93. The van der Waals surface area contributed by atoms with Gasteiger partial charge in [-0.2, -0.15) is 0 Å². The first kappa shape index (κ1) is 50.4. The van der Waals surface area contributed by atoms with Crippen LogP contribution in [0.15, 0.2) is 29.5 Å². The third-order valence-corrected chi connectivity index (χ3v) is 15.9. The van der Waals surface area contributed by atoms with Crippen LogP contribution in [0.3, 0.4) is 0 Å². The number of hydrogen-bond acceptors (Lipinski definition) is 5. The van der Waals surface area contributed by atoms with Crippen molar-refractivity contribution in [3.05, 3.63) is 49.1 Å². The van der Waals surface area contributed by atoms with Crippen LogP contribution in [0, 0.1) is 11.8 Å². The van der Waals surface area contributed by atoms with E-state index in [-0.39, 0.29) is 22.6 Å². The molecule has 4 heterocycles. The molecular formula is C53H87N3O2S2. The Balaban J connectivity index is 1.81. The fourth-order valence-corrected chi connectivity index (χ4v) is 11.3. The first-order valence-corrected chi connectivity index (χ1v) is 26.6. The van der Waals surface area contributed by atoms with E-state index in [0.717, 1.165) is 47.0 Å². The minimum absolute atomic E-state index is 0.0148. The molecule has 0 aliphatic carbocycles. The summed E-state index contributed by atoms with van der Waals surface area (Å²) in [4.78, 5) is 43.6. The summed E-state index contributed by atoms with van der Waals surface area (Å²) in [5.41, 5.74) is 2.80. The summed E-state index contributed by atoms with van der Waals surface area (Å²) in [6, 6.07) is 4.43. The molecule has 2 amide bonds. The monoisotopic (exact) mass is 862 g/mol. The van der Waals surface area contributed by atoms with Crippen molar-refractivity contribution < 1.29 is 9.59 Å². The van der Waals surface area contributed by atoms with Gasteiger partial charge in [0.2, 0.25) is 0 Å². The first-order valence-electron chi connectivity index (χ1n) is 25.0. The minimum Gasteiger partial charge on any atom is -0.306 e. The van der Waals surface area contributed by atoms with E-state index in [4.69, 9.17) is 4.98 Å². The molecule has 2 aromatic heterocycles. The molecule has 2 aliphatic rings. The van der Waals surface area contributed by atoms with Gasteiger partial charge in [0, 0.05) is 29.0 Å². The molecule has 0 saturated heterocycles. The van der Waals surface area contributed by atoms with Crippen LogP contribution in [0.2, 0.25) is 0 Å². The third-order valence-electron chi connectivity index (χ3n) is 13.0. The first-order chi connectivity index (χ1) is 28.8. The standard InChI is InChI=1S/C53H87N3O2S2/c1-11-15-19-23-25-29-33-40(31-27-21-17-13-3)38-55-47(42-35-36-43(59-42)52(5,6)7)45-46(51(55)58)48(49-54-37-44(60-49)53(8,9)10)56(50(45)57)39-41(32-28-22-18-14-4)34-30-26-24-20-16-12-2/h35-37,40-41H,11-34,38-39H2,1-10H3. The van der Waals surface area contributed by atoms with E-state index in [1.54, 1.807) is 22.7 Å². The van der Waals surface area contributed by atoms with Gasteiger partial charge in [-0.15, -0.1) is 22.7 Å². The Bertz CT molecular complexity index is 1540. The molecule has 2 aliphatic heterocycles. The Morgan fingerprint density at radius 3 is 1.28 bits per heavy atom. The van der Waals surface area contributed by atoms with E-state index < -0.39 is 0 Å². The van der Waals surface area contributed by atoms with Gasteiger partial charge in [-0.1, -0.05) is 198 Å². The van der Waals surface area contributed by atoms with Gasteiger partial charge < -0.3 is 9.80 Å². The Morgan fingerprint density at radius 1 is 0.500 bits per heavy atom. The van der Waals surface area contributed by atoms with Crippen molar-refractivity contribution >= 4 is 45.9 Å².